The Morgan fingerprint density at radius 2 is 2.11 bits per heavy atom. The molecule has 0 unspecified atom stereocenters. The van der Waals surface area contributed by atoms with Crippen LogP contribution in [0.4, 0.5) is 5.69 Å². The minimum Gasteiger partial charge on any atom is -0.453 e. The smallest absolute Gasteiger partial charge is 0.228 e. The molecule has 0 bridgehead atoms. The molecule has 2 aliphatic rings. The van der Waals surface area contributed by atoms with E-state index in [1.54, 1.807) is 17.0 Å². The Kier molecular flexibility index (Phi) is 2.30. The molecule has 0 saturated carbocycles. The van der Waals surface area contributed by atoms with Crippen LogP contribution in [0, 0.1) is 0 Å². The summed E-state index contributed by atoms with van der Waals surface area (Å²) in [6.45, 7) is 1.50. The number of allylic oxidation sites excluding steroid dienone is 2. The van der Waals surface area contributed by atoms with Gasteiger partial charge in [0.05, 0.1) is 11.4 Å². The maximum Gasteiger partial charge on any atom is 0.228 e. The van der Waals surface area contributed by atoms with E-state index in [0.717, 1.165) is 0 Å². The molecule has 1 aliphatic heterocycles. The molecule has 0 fully saturated rings. The monoisotopic (exact) mass is 241 g/mol. The second-order valence-electron chi connectivity index (χ2n) is 4.19. The SMILES string of the molecule is CC(=O)N1C2=CCC(=O)C=C2Oc2ccccc21. The van der Waals surface area contributed by atoms with Gasteiger partial charge in [0, 0.05) is 19.4 Å². The lowest BCUT2D eigenvalue weighted by atomic mass is 10.1. The number of nitrogens with zero attached hydrogens (tertiary/aromatic N) is 1. The molecule has 18 heavy (non-hydrogen) atoms. The minimum absolute atomic E-state index is 0.0170. The fourth-order valence-electron chi connectivity index (χ4n) is 2.18. The van der Waals surface area contributed by atoms with Crippen LogP contribution in [-0.2, 0) is 9.59 Å². The lowest BCUT2D eigenvalue weighted by Crippen LogP contribution is -2.34. The zero-order chi connectivity index (χ0) is 12.7. The first-order valence-electron chi connectivity index (χ1n) is 5.69. The first-order chi connectivity index (χ1) is 8.66. The zero-order valence-corrected chi connectivity index (χ0v) is 9.84. The van der Waals surface area contributed by atoms with Crippen LogP contribution in [0.25, 0.3) is 0 Å². The molecular weight excluding hydrogens is 230 g/mol. The maximum absolute atomic E-state index is 11.8. The van der Waals surface area contributed by atoms with Crippen LogP contribution < -0.4 is 9.64 Å². The van der Waals surface area contributed by atoms with E-state index in [9.17, 15) is 9.59 Å². The van der Waals surface area contributed by atoms with Gasteiger partial charge in [-0.25, -0.2) is 0 Å². The highest BCUT2D eigenvalue weighted by Crippen LogP contribution is 2.40. The molecule has 1 aromatic carbocycles. The summed E-state index contributed by atoms with van der Waals surface area (Å²) in [4.78, 5) is 24.8. The number of para-hydroxylation sites is 2. The molecule has 0 atom stereocenters. The van der Waals surface area contributed by atoms with Gasteiger partial charge >= 0.3 is 0 Å². The summed E-state index contributed by atoms with van der Waals surface area (Å²) in [5.41, 5.74) is 1.36. The number of anilines is 1. The van der Waals surface area contributed by atoms with Crippen molar-refractivity contribution in [1.82, 2.24) is 0 Å². The number of fused-ring (bicyclic) bond motifs is 2. The summed E-state index contributed by atoms with van der Waals surface area (Å²) in [7, 11) is 0. The van der Waals surface area contributed by atoms with Crippen molar-refractivity contribution in [3.63, 3.8) is 0 Å². The number of carbonyl (C=O) groups is 2. The Hall–Kier alpha value is -2.36. The summed E-state index contributed by atoms with van der Waals surface area (Å²) in [6.07, 6.45) is 3.48. The van der Waals surface area contributed by atoms with Crippen molar-refractivity contribution in [1.29, 1.82) is 0 Å². The van der Waals surface area contributed by atoms with Gasteiger partial charge in [0.2, 0.25) is 5.91 Å². The molecule has 1 amide bonds. The highest BCUT2D eigenvalue weighted by molar-refractivity contribution is 6.01. The van der Waals surface area contributed by atoms with E-state index in [-0.39, 0.29) is 11.7 Å². The highest BCUT2D eigenvalue weighted by Gasteiger charge is 2.31. The van der Waals surface area contributed by atoms with Gasteiger partial charge in [-0.3, -0.25) is 14.5 Å². The predicted octanol–water partition coefficient (Wildman–Crippen LogP) is 2.17. The first-order valence-corrected chi connectivity index (χ1v) is 5.69. The minimum atomic E-state index is -0.0998. The Bertz CT molecular complexity index is 613. The zero-order valence-electron chi connectivity index (χ0n) is 9.84. The third-order valence-corrected chi connectivity index (χ3v) is 2.92. The topological polar surface area (TPSA) is 46.6 Å². The fraction of sp³-hybridized carbons (Fsp3) is 0.143. The van der Waals surface area contributed by atoms with Crippen LogP contribution in [0.2, 0.25) is 0 Å². The molecule has 0 saturated heterocycles. The number of carbonyl (C=O) groups excluding carboxylic acids is 2. The maximum atomic E-state index is 11.8. The van der Waals surface area contributed by atoms with Gasteiger partial charge in [0.25, 0.3) is 0 Å². The summed E-state index contributed by atoms with van der Waals surface area (Å²) < 4.78 is 5.66. The van der Waals surface area contributed by atoms with Gasteiger partial charge in [-0.1, -0.05) is 12.1 Å². The van der Waals surface area contributed by atoms with Crippen molar-refractivity contribution in [3.8, 4) is 5.75 Å². The van der Waals surface area contributed by atoms with Crippen molar-refractivity contribution in [3.05, 3.63) is 47.9 Å². The average Bonchev–Trinajstić information content (AvgIpc) is 2.35. The van der Waals surface area contributed by atoms with Crippen molar-refractivity contribution < 1.29 is 14.3 Å². The summed E-state index contributed by atoms with van der Waals surface area (Å²) >= 11 is 0. The fourth-order valence-corrected chi connectivity index (χ4v) is 2.18. The molecule has 1 aliphatic carbocycles. The second-order valence-corrected chi connectivity index (χ2v) is 4.19. The molecule has 90 valence electrons. The van der Waals surface area contributed by atoms with E-state index < -0.39 is 0 Å². The van der Waals surface area contributed by atoms with Crippen LogP contribution in [0.3, 0.4) is 0 Å². The lowest BCUT2D eigenvalue weighted by molar-refractivity contribution is -0.117. The lowest BCUT2D eigenvalue weighted by Gasteiger charge is -2.33. The Balaban J connectivity index is 2.19. The van der Waals surface area contributed by atoms with Gasteiger partial charge in [0.1, 0.15) is 0 Å². The molecule has 1 aromatic rings. The van der Waals surface area contributed by atoms with Crippen molar-refractivity contribution >= 4 is 17.4 Å². The Morgan fingerprint density at radius 1 is 1.33 bits per heavy atom. The Morgan fingerprint density at radius 3 is 2.89 bits per heavy atom. The van der Waals surface area contributed by atoms with Gasteiger partial charge in [0.15, 0.2) is 17.3 Å². The van der Waals surface area contributed by atoms with E-state index >= 15 is 0 Å². The van der Waals surface area contributed by atoms with Crippen molar-refractivity contribution in [2.75, 3.05) is 4.90 Å². The van der Waals surface area contributed by atoms with Gasteiger partial charge in [-0.05, 0) is 18.2 Å². The molecule has 0 spiro atoms. The second kappa shape index (κ2) is 3.84. The molecule has 4 heteroatoms. The summed E-state index contributed by atoms with van der Waals surface area (Å²) in [6, 6.07) is 7.28. The van der Waals surface area contributed by atoms with Crippen LogP contribution >= 0.6 is 0 Å². The standard InChI is InChI=1S/C14H11NO3/c1-9(16)15-11-4-2-3-5-13(11)18-14-8-10(17)6-7-12(14)15/h2-5,7-8H,6H2,1H3. The first kappa shape index (κ1) is 10.8. The average molecular weight is 241 g/mol. The van der Waals surface area contributed by atoms with Gasteiger partial charge in [-0.15, -0.1) is 0 Å². The highest BCUT2D eigenvalue weighted by atomic mass is 16.5. The summed E-state index contributed by atoms with van der Waals surface area (Å²) in [5.74, 6) is 0.917. The number of hydrogen-bond acceptors (Lipinski definition) is 3. The quantitative estimate of drug-likeness (QED) is 0.699. The number of ketones is 1. The van der Waals surface area contributed by atoms with Gasteiger partial charge < -0.3 is 4.74 Å². The van der Waals surface area contributed by atoms with Gasteiger partial charge in [-0.2, -0.15) is 0 Å². The van der Waals surface area contributed by atoms with E-state index in [2.05, 4.69) is 0 Å². The molecule has 3 rings (SSSR count). The van der Waals surface area contributed by atoms with Crippen LogP contribution in [-0.4, -0.2) is 11.7 Å². The van der Waals surface area contributed by atoms with Crippen LogP contribution in [0.5, 0.6) is 5.75 Å². The number of rotatable bonds is 0. The third kappa shape index (κ3) is 1.54. The number of hydrogen-bond donors (Lipinski definition) is 0. The third-order valence-electron chi connectivity index (χ3n) is 2.92. The summed E-state index contributed by atoms with van der Waals surface area (Å²) in [5, 5.41) is 0. The molecule has 0 aromatic heterocycles. The van der Waals surface area contributed by atoms with E-state index in [0.29, 0.717) is 29.3 Å². The number of ether oxygens (including phenoxy) is 1. The van der Waals surface area contributed by atoms with E-state index in [4.69, 9.17) is 4.74 Å². The molecule has 0 N–H and O–H groups in total. The molecule has 1 heterocycles. The van der Waals surface area contributed by atoms with Crippen molar-refractivity contribution in [2.24, 2.45) is 0 Å². The molecule has 0 radical (unpaired) electrons. The van der Waals surface area contributed by atoms with E-state index in [1.807, 2.05) is 18.2 Å². The predicted molar refractivity (Wildman–Crippen MR) is 66.0 cm³/mol. The van der Waals surface area contributed by atoms with E-state index in [1.165, 1.54) is 13.0 Å². The van der Waals surface area contributed by atoms with Crippen molar-refractivity contribution in [2.45, 2.75) is 13.3 Å². The molecule has 4 nitrogen and oxygen atoms in total. The van der Waals surface area contributed by atoms with Crippen LogP contribution in [0.15, 0.2) is 47.9 Å². The number of amides is 1. The number of benzene rings is 1. The Labute approximate surface area is 104 Å². The largest absolute Gasteiger partial charge is 0.453 e. The normalized spacial score (nSPS) is 17.2. The van der Waals surface area contributed by atoms with Crippen LogP contribution in [0.1, 0.15) is 13.3 Å². The molecular formula is C14H11NO3.